The molecule has 0 unspecified atom stereocenters. The molecule has 0 aromatic heterocycles. The number of nitrogens with one attached hydrogen (secondary N) is 1. The van der Waals surface area contributed by atoms with Gasteiger partial charge in [-0.1, -0.05) is 0 Å². The average Bonchev–Trinajstić information content (AvgIpc) is 2.41. The number of amides is 1. The van der Waals surface area contributed by atoms with E-state index in [9.17, 15) is 22.0 Å². The Balaban J connectivity index is 3.33. The third kappa shape index (κ3) is 4.26. The molecule has 0 spiro atoms. The summed E-state index contributed by atoms with van der Waals surface area (Å²) in [5.74, 6) is -1.13. The molecule has 1 aromatic carbocycles. The number of alkyl halides is 2. The molecule has 0 fully saturated rings. The van der Waals surface area contributed by atoms with Crippen LogP contribution in [0.15, 0.2) is 17.0 Å². The lowest BCUT2D eigenvalue weighted by atomic mass is 10.2. The first-order valence-electron chi connectivity index (χ1n) is 5.55. The average molecular weight is 324 g/mol. The second kappa shape index (κ2) is 6.68. The van der Waals surface area contributed by atoms with Crippen LogP contribution in [0, 0.1) is 0 Å². The highest BCUT2D eigenvalue weighted by atomic mass is 32.2. The van der Waals surface area contributed by atoms with Crippen LogP contribution >= 0.6 is 0 Å². The zero-order valence-electron chi connectivity index (χ0n) is 11.2. The van der Waals surface area contributed by atoms with Crippen molar-refractivity contribution in [3.63, 3.8) is 0 Å². The summed E-state index contributed by atoms with van der Waals surface area (Å²) in [6.07, 6.45) is -2.73. The maximum Gasteiger partial charge on any atom is 0.255 e. The van der Waals surface area contributed by atoms with Crippen molar-refractivity contribution in [1.82, 2.24) is 5.32 Å². The number of hydrogen-bond acceptors (Lipinski definition) is 5. The largest absolute Gasteiger partial charge is 0.493 e. The van der Waals surface area contributed by atoms with E-state index in [2.05, 4.69) is 0 Å². The highest BCUT2D eigenvalue weighted by molar-refractivity contribution is 7.89. The summed E-state index contributed by atoms with van der Waals surface area (Å²) >= 11 is 0. The highest BCUT2D eigenvalue weighted by Gasteiger charge is 2.23. The van der Waals surface area contributed by atoms with Crippen molar-refractivity contribution >= 4 is 15.9 Å². The molecular weight excluding hydrogens is 310 g/mol. The Morgan fingerprint density at radius 3 is 2.38 bits per heavy atom. The molecule has 7 nitrogen and oxygen atoms in total. The lowest BCUT2D eigenvalue weighted by Crippen LogP contribution is -2.28. The summed E-state index contributed by atoms with van der Waals surface area (Å²) < 4.78 is 57.0. The molecule has 0 aliphatic rings. The summed E-state index contributed by atoms with van der Waals surface area (Å²) in [4.78, 5) is 11.2. The van der Waals surface area contributed by atoms with Crippen molar-refractivity contribution in [2.45, 2.75) is 11.3 Å². The van der Waals surface area contributed by atoms with E-state index >= 15 is 0 Å². The minimum atomic E-state index is -4.20. The normalized spacial score (nSPS) is 11.3. The summed E-state index contributed by atoms with van der Waals surface area (Å²) in [6, 6.07) is 2.09. The van der Waals surface area contributed by atoms with Gasteiger partial charge in [0.15, 0.2) is 11.5 Å². The zero-order chi connectivity index (χ0) is 16.2. The van der Waals surface area contributed by atoms with Crippen molar-refractivity contribution in [1.29, 1.82) is 0 Å². The third-order valence-electron chi connectivity index (χ3n) is 2.43. The Labute approximate surface area is 120 Å². The molecule has 0 saturated carbocycles. The zero-order valence-corrected chi connectivity index (χ0v) is 12.0. The maximum absolute atomic E-state index is 12.1. The third-order valence-corrected chi connectivity index (χ3v) is 3.35. The van der Waals surface area contributed by atoms with Crippen LogP contribution < -0.4 is 19.9 Å². The minimum Gasteiger partial charge on any atom is -0.493 e. The first-order valence-corrected chi connectivity index (χ1v) is 7.10. The molecule has 0 saturated heterocycles. The molecule has 1 rings (SSSR count). The second-order valence-electron chi connectivity index (χ2n) is 3.86. The Hall–Kier alpha value is -1.94. The monoisotopic (exact) mass is 324 g/mol. The predicted molar refractivity (Wildman–Crippen MR) is 69.3 cm³/mol. The van der Waals surface area contributed by atoms with Crippen LogP contribution in [0.5, 0.6) is 11.5 Å². The van der Waals surface area contributed by atoms with Gasteiger partial charge in [0.05, 0.1) is 20.8 Å². The molecule has 0 atom stereocenters. The van der Waals surface area contributed by atoms with Crippen molar-refractivity contribution < 1.29 is 31.5 Å². The van der Waals surface area contributed by atoms with Gasteiger partial charge in [0.25, 0.3) is 12.3 Å². The summed E-state index contributed by atoms with van der Waals surface area (Å²) in [5, 5.41) is 6.98. The molecule has 0 aliphatic carbocycles. The molecule has 3 N–H and O–H groups in total. The SMILES string of the molecule is COc1cc(C(=O)NCC(F)F)cc(S(N)(=O)=O)c1OC. The van der Waals surface area contributed by atoms with E-state index in [4.69, 9.17) is 14.6 Å². The van der Waals surface area contributed by atoms with E-state index in [0.717, 1.165) is 12.1 Å². The van der Waals surface area contributed by atoms with Crippen LogP contribution in [-0.2, 0) is 10.0 Å². The number of carbonyl (C=O) groups is 1. The number of carbonyl (C=O) groups excluding carboxylic acids is 1. The van der Waals surface area contributed by atoms with E-state index in [0.29, 0.717) is 0 Å². The van der Waals surface area contributed by atoms with E-state index < -0.39 is 33.8 Å². The van der Waals surface area contributed by atoms with Gasteiger partial charge in [0, 0.05) is 5.56 Å². The number of sulfonamides is 1. The van der Waals surface area contributed by atoms with Gasteiger partial charge in [0.2, 0.25) is 10.0 Å². The van der Waals surface area contributed by atoms with Gasteiger partial charge in [-0.3, -0.25) is 4.79 Å². The molecule has 1 aromatic rings. The first-order chi connectivity index (χ1) is 9.70. The van der Waals surface area contributed by atoms with E-state index in [1.807, 2.05) is 5.32 Å². The molecule has 1 amide bonds. The fourth-order valence-electron chi connectivity index (χ4n) is 1.54. The molecule has 118 valence electrons. The summed E-state index contributed by atoms with van der Waals surface area (Å²) in [5.41, 5.74) is -0.197. The number of benzene rings is 1. The Bertz CT molecular complexity index is 634. The van der Waals surface area contributed by atoms with Crippen molar-refractivity contribution in [3.05, 3.63) is 17.7 Å². The lowest BCUT2D eigenvalue weighted by molar-refractivity contribution is 0.0891. The van der Waals surface area contributed by atoms with E-state index in [-0.39, 0.29) is 17.1 Å². The van der Waals surface area contributed by atoms with Gasteiger partial charge < -0.3 is 14.8 Å². The molecule has 10 heteroatoms. The quantitative estimate of drug-likeness (QED) is 0.785. The second-order valence-corrected chi connectivity index (χ2v) is 5.39. The van der Waals surface area contributed by atoms with Crippen LogP contribution in [0.2, 0.25) is 0 Å². The molecule has 21 heavy (non-hydrogen) atoms. The van der Waals surface area contributed by atoms with Crippen molar-refractivity contribution in [3.8, 4) is 11.5 Å². The fraction of sp³-hybridized carbons (Fsp3) is 0.364. The molecule has 0 aliphatic heterocycles. The van der Waals surface area contributed by atoms with Crippen LogP contribution in [0.3, 0.4) is 0 Å². The number of primary sulfonamides is 1. The number of hydrogen-bond donors (Lipinski definition) is 2. The topological polar surface area (TPSA) is 108 Å². The van der Waals surface area contributed by atoms with Crippen molar-refractivity contribution in [2.75, 3.05) is 20.8 Å². The Morgan fingerprint density at radius 1 is 1.33 bits per heavy atom. The van der Waals surface area contributed by atoms with Crippen LogP contribution in [0.25, 0.3) is 0 Å². The van der Waals surface area contributed by atoms with Crippen LogP contribution in [0.4, 0.5) is 8.78 Å². The standard InChI is InChI=1S/C11H14F2N2O5S/c1-19-7-3-6(11(16)15-5-9(12)13)4-8(10(7)20-2)21(14,17)18/h3-4,9H,5H2,1-2H3,(H,15,16)(H2,14,17,18). The minimum absolute atomic E-state index is 0.0637. The number of halogens is 2. The smallest absolute Gasteiger partial charge is 0.255 e. The predicted octanol–water partition coefficient (Wildman–Crippen LogP) is 0.346. The molecule has 0 heterocycles. The van der Waals surface area contributed by atoms with Gasteiger partial charge >= 0.3 is 0 Å². The van der Waals surface area contributed by atoms with Gasteiger partial charge in [0.1, 0.15) is 4.90 Å². The number of rotatable bonds is 6. The van der Waals surface area contributed by atoms with E-state index in [1.165, 1.54) is 14.2 Å². The Morgan fingerprint density at radius 2 is 1.95 bits per heavy atom. The Kier molecular flexibility index (Phi) is 5.44. The molecule has 0 radical (unpaired) electrons. The summed E-state index contributed by atoms with van der Waals surface area (Å²) in [6.45, 7) is -0.863. The maximum atomic E-state index is 12.1. The van der Waals surface area contributed by atoms with Gasteiger partial charge in [-0.05, 0) is 12.1 Å². The lowest BCUT2D eigenvalue weighted by Gasteiger charge is -2.13. The number of nitrogens with two attached hydrogens (primary N) is 1. The number of ether oxygens (including phenoxy) is 2. The van der Waals surface area contributed by atoms with Gasteiger partial charge in [-0.15, -0.1) is 0 Å². The van der Waals surface area contributed by atoms with Crippen LogP contribution in [-0.4, -0.2) is 41.5 Å². The van der Waals surface area contributed by atoms with E-state index in [1.54, 1.807) is 0 Å². The first kappa shape index (κ1) is 17.1. The number of methoxy groups -OCH3 is 2. The van der Waals surface area contributed by atoms with Gasteiger partial charge in [-0.25, -0.2) is 22.3 Å². The fourth-order valence-corrected chi connectivity index (χ4v) is 2.28. The molecular formula is C11H14F2N2O5S. The molecule has 0 bridgehead atoms. The van der Waals surface area contributed by atoms with Gasteiger partial charge in [-0.2, -0.15) is 0 Å². The summed E-state index contributed by atoms with van der Waals surface area (Å²) in [7, 11) is -1.77. The van der Waals surface area contributed by atoms with Crippen molar-refractivity contribution in [2.24, 2.45) is 5.14 Å². The van der Waals surface area contributed by atoms with Crippen LogP contribution in [0.1, 0.15) is 10.4 Å². The highest BCUT2D eigenvalue weighted by Crippen LogP contribution is 2.34.